The maximum absolute atomic E-state index is 12.2. The van der Waals surface area contributed by atoms with Crippen LogP contribution in [0.25, 0.3) is 5.57 Å². The Morgan fingerprint density at radius 1 is 1.44 bits per heavy atom. The molecule has 0 atom stereocenters. The molecule has 0 unspecified atom stereocenters. The number of benzene rings is 1. The molecule has 2 rings (SSSR count). The molecule has 1 aliphatic rings. The summed E-state index contributed by atoms with van der Waals surface area (Å²) < 4.78 is 0. The Hall–Kier alpha value is -2.87. The van der Waals surface area contributed by atoms with E-state index in [9.17, 15) is 4.79 Å². The maximum atomic E-state index is 12.2. The fraction of sp³-hybridized carbons (Fsp3) is 0.350. The van der Waals surface area contributed by atoms with Crippen LogP contribution in [0.5, 0.6) is 0 Å². The molecular weight excluding hydrogens is 312 g/mol. The molecule has 0 saturated carbocycles. The third-order valence-electron chi connectivity index (χ3n) is 4.31. The van der Waals surface area contributed by atoms with E-state index >= 15 is 0 Å². The number of carbonyl (C=O) groups excluding carboxylic acids is 1. The average molecular weight is 336 g/mol. The molecule has 0 saturated heterocycles. The largest absolute Gasteiger partial charge is 0.380 e. The lowest BCUT2D eigenvalue weighted by atomic mass is 9.77. The number of aliphatic imine (C=N–C) groups is 1. The van der Waals surface area contributed by atoms with Crippen LogP contribution in [0.2, 0.25) is 0 Å². The zero-order valence-electron chi connectivity index (χ0n) is 14.8. The third kappa shape index (κ3) is 5.32. The summed E-state index contributed by atoms with van der Waals surface area (Å²) in [6.07, 6.45) is 6.85. The predicted molar refractivity (Wildman–Crippen MR) is 102 cm³/mol. The van der Waals surface area contributed by atoms with Crippen LogP contribution in [-0.2, 0) is 4.79 Å². The molecule has 1 aliphatic carbocycles. The van der Waals surface area contributed by atoms with Gasteiger partial charge in [0.25, 0.3) is 0 Å². The molecule has 130 valence electrons. The Morgan fingerprint density at radius 2 is 2.20 bits per heavy atom. The maximum Gasteiger partial charge on any atom is 0.243 e. The highest BCUT2D eigenvalue weighted by Crippen LogP contribution is 2.39. The minimum Gasteiger partial charge on any atom is -0.380 e. The molecule has 5 heteroatoms. The molecule has 0 bridgehead atoms. The summed E-state index contributed by atoms with van der Waals surface area (Å²) in [6.45, 7) is 7.90. The van der Waals surface area contributed by atoms with Gasteiger partial charge < -0.3 is 10.6 Å². The number of para-hydroxylation sites is 1. The van der Waals surface area contributed by atoms with Crippen LogP contribution in [0.15, 0.2) is 47.2 Å². The van der Waals surface area contributed by atoms with Crippen molar-refractivity contribution in [3.05, 3.63) is 47.8 Å². The Kier molecular flexibility index (Phi) is 6.13. The van der Waals surface area contributed by atoms with Crippen molar-refractivity contribution in [3.8, 4) is 6.07 Å². The van der Waals surface area contributed by atoms with E-state index in [4.69, 9.17) is 5.26 Å². The number of anilines is 1. The summed E-state index contributed by atoms with van der Waals surface area (Å²) in [4.78, 5) is 15.7. The summed E-state index contributed by atoms with van der Waals surface area (Å²) in [5, 5.41) is 14.5. The van der Waals surface area contributed by atoms with Gasteiger partial charge in [-0.05, 0) is 43.0 Å². The van der Waals surface area contributed by atoms with Crippen LogP contribution >= 0.6 is 0 Å². The van der Waals surface area contributed by atoms with E-state index in [1.54, 1.807) is 0 Å². The number of amides is 1. The first-order valence-electron chi connectivity index (χ1n) is 8.34. The van der Waals surface area contributed by atoms with E-state index in [0.29, 0.717) is 5.41 Å². The lowest BCUT2D eigenvalue weighted by Gasteiger charge is -2.29. The number of hydrogen-bond acceptors (Lipinski definition) is 4. The number of nitrogens with zero attached hydrogens (tertiary/aromatic N) is 2. The zero-order chi connectivity index (χ0) is 18.3. The highest BCUT2D eigenvalue weighted by molar-refractivity contribution is 5.95. The molecule has 2 N–H and O–H groups in total. The van der Waals surface area contributed by atoms with Gasteiger partial charge >= 0.3 is 0 Å². The van der Waals surface area contributed by atoms with Crippen molar-refractivity contribution in [1.82, 2.24) is 5.32 Å². The quantitative estimate of drug-likeness (QED) is 0.611. The monoisotopic (exact) mass is 336 g/mol. The summed E-state index contributed by atoms with van der Waals surface area (Å²) in [5.74, 6) is -0.179. The minimum atomic E-state index is -0.179. The van der Waals surface area contributed by atoms with E-state index in [1.165, 1.54) is 11.8 Å². The number of hydrogen-bond donors (Lipinski definition) is 2. The van der Waals surface area contributed by atoms with E-state index < -0.39 is 0 Å². The van der Waals surface area contributed by atoms with Crippen molar-refractivity contribution in [3.63, 3.8) is 0 Å². The molecule has 0 spiro atoms. The number of allylic oxidation sites excluding steroid dienone is 3. The molecule has 0 radical (unpaired) electrons. The second kappa shape index (κ2) is 8.29. The molecule has 25 heavy (non-hydrogen) atoms. The Balaban J connectivity index is 2.05. The van der Waals surface area contributed by atoms with Gasteiger partial charge in [0.15, 0.2) is 5.70 Å². The fourth-order valence-electron chi connectivity index (χ4n) is 2.74. The Bertz CT molecular complexity index is 753. The lowest BCUT2D eigenvalue weighted by Crippen LogP contribution is -2.25. The molecule has 1 aromatic carbocycles. The first-order valence-corrected chi connectivity index (χ1v) is 8.34. The van der Waals surface area contributed by atoms with Crippen LogP contribution in [0, 0.1) is 16.7 Å². The molecular formula is C20H24N4O. The Morgan fingerprint density at radius 3 is 2.84 bits per heavy atom. The second-order valence-corrected chi connectivity index (χ2v) is 6.87. The van der Waals surface area contributed by atoms with Crippen molar-refractivity contribution in [2.45, 2.75) is 33.1 Å². The van der Waals surface area contributed by atoms with Gasteiger partial charge in [-0.15, -0.1) is 0 Å². The van der Waals surface area contributed by atoms with Gasteiger partial charge in [-0.3, -0.25) is 9.79 Å². The zero-order valence-corrected chi connectivity index (χ0v) is 14.8. The van der Waals surface area contributed by atoms with Crippen molar-refractivity contribution >= 4 is 23.9 Å². The van der Waals surface area contributed by atoms with Crippen LogP contribution in [0.3, 0.4) is 0 Å². The topological polar surface area (TPSA) is 77.3 Å². The first kappa shape index (κ1) is 18.5. The van der Waals surface area contributed by atoms with Crippen LogP contribution in [-0.4, -0.2) is 19.2 Å². The smallest absolute Gasteiger partial charge is 0.243 e. The molecule has 5 nitrogen and oxygen atoms in total. The van der Waals surface area contributed by atoms with Crippen molar-refractivity contribution in [1.29, 1.82) is 5.26 Å². The summed E-state index contributed by atoms with van der Waals surface area (Å²) in [7, 11) is 0. The predicted octanol–water partition coefficient (Wildman–Crippen LogP) is 3.87. The van der Waals surface area contributed by atoms with Gasteiger partial charge in [0.2, 0.25) is 5.91 Å². The van der Waals surface area contributed by atoms with Crippen molar-refractivity contribution in [2.75, 3.05) is 11.9 Å². The third-order valence-corrected chi connectivity index (χ3v) is 4.31. The van der Waals surface area contributed by atoms with E-state index in [0.717, 1.165) is 30.5 Å². The highest BCUT2D eigenvalue weighted by atomic mass is 16.1. The van der Waals surface area contributed by atoms with Gasteiger partial charge in [-0.2, -0.15) is 5.26 Å². The van der Waals surface area contributed by atoms with Crippen LogP contribution in [0.4, 0.5) is 5.69 Å². The van der Waals surface area contributed by atoms with E-state index in [1.807, 2.05) is 30.3 Å². The fourth-order valence-corrected chi connectivity index (χ4v) is 2.74. The van der Waals surface area contributed by atoms with Gasteiger partial charge in [-0.1, -0.05) is 38.1 Å². The second-order valence-electron chi connectivity index (χ2n) is 6.87. The number of rotatable bonds is 6. The van der Waals surface area contributed by atoms with Gasteiger partial charge in [0, 0.05) is 17.5 Å². The van der Waals surface area contributed by atoms with Gasteiger partial charge in [0.05, 0.1) is 6.54 Å². The SMILES string of the molecule is C=N/C(C#N)=C\NCC(=O)Nc1ccccc1C1=CCC(C)(C)CC1. The van der Waals surface area contributed by atoms with E-state index in [-0.39, 0.29) is 18.1 Å². The molecule has 1 amide bonds. The first-order chi connectivity index (χ1) is 11.9. The van der Waals surface area contributed by atoms with Crippen molar-refractivity contribution in [2.24, 2.45) is 10.4 Å². The van der Waals surface area contributed by atoms with E-state index in [2.05, 4.69) is 42.3 Å². The lowest BCUT2D eigenvalue weighted by molar-refractivity contribution is -0.115. The molecule has 0 fully saturated rings. The number of nitriles is 1. The Labute approximate surface area is 149 Å². The number of nitrogens with one attached hydrogen (secondary N) is 2. The standard InChI is InChI=1S/C20H24N4O/c1-20(2)10-8-15(9-11-20)17-6-4-5-7-18(17)24-19(25)14-23-13-16(12-21)22-3/h4-8,13,23H,3,9-11,14H2,1-2H3,(H,24,25)/b16-13-. The van der Waals surface area contributed by atoms with Crippen LogP contribution in [0.1, 0.15) is 38.7 Å². The summed E-state index contributed by atoms with van der Waals surface area (Å²) in [5.41, 5.74) is 3.66. The minimum absolute atomic E-state index is 0.0567. The van der Waals surface area contributed by atoms with Crippen molar-refractivity contribution < 1.29 is 4.79 Å². The molecule has 0 heterocycles. The summed E-state index contributed by atoms with van der Waals surface area (Å²) >= 11 is 0. The molecule has 0 aliphatic heterocycles. The molecule has 1 aromatic rings. The molecule has 0 aromatic heterocycles. The van der Waals surface area contributed by atoms with Gasteiger partial charge in [-0.25, -0.2) is 0 Å². The normalized spacial score (nSPS) is 16.4. The number of carbonyl (C=O) groups is 1. The average Bonchev–Trinajstić information content (AvgIpc) is 2.59. The summed E-state index contributed by atoms with van der Waals surface area (Å²) in [6, 6.07) is 9.72. The van der Waals surface area contributed by atoms with Gasteiger partial charge in [0.1, 0.15) is 6.07 Å². The van der Waals surface area contributed by atoms with Crippen LogP contribution < -0.4 is 10.6 Å². The highest BCUT2D eigenvalue weighted by Gasteiger charge is 2.23.